The number of fused-ring (bicyclic) bond motifs is 1. The van der Waals surface area contributed by atoms with Crippen LogP contribution in [0.15, 0.2) is 59.5 Å². The smallest absolute Gasteiger partial charge is 0.276 e. The van der Waals surface area contributed by atoms with E-state index in [0.717, 1.165) is 22.7 Å². The molecule has 0 radical (unpaired) electrons. The standard InChI is InChI=1S/C21H20N4O2/c1-14-17(11-13-27-16-8-4-3-5-9-16)21(26)25-20(23-14)19(15(2)24-25)18-10-6-7-12-22-18/h3-10,12,24H,11,13H2,1-2H3. The van der Waals surface area contributed by atoms with Gasteiger partial charge in [-0.3, -0.25) is 14.9 Å². The molecule has 0 fully saturated rings. The van der Waals surface area contributed by atoms with Gasteiger partial charge in [-0.2, -0.15) is 0 Å². The molecule has 6 heteroatoms. The van der Waals surface area contributed by atoms with Gasteiger partial charge in [0, 0.05) is 29.6 Å². The molecule has 0 atom stereocenters. The molecule has 0 saturated carbocycles. The molecule has 3 heterocycles. The summed E-state index contributed by atoms with van der Waals surface area (Å²) in [5, 5.41) is 3.13. The molecule has 3 aromatic heterocycles. The predicted octanol–water partition coefficient (Wildman–Crippen LogP) is 3.32. The Morgan fingerprint density at radius 3 is 2.59 bits per heavy atom. The van der Waals surface area contributed by atoms with Crippen molar-refractivity contribution in [3.8, 4) is 17.0 Å². The second kappa shape index (κ2) is 7.07. The van der Waals surface area contributed by atoms with E-state index >= 15 is 0 Å². The fourth-order valence-electron chi connectivity index (χ4n) is 3.22. The Kier molecular flexibility index (Phi) is 4.46. The van der Waals surface area contributed by atoms with Crippen LogP contribution < -0.4 is 10.3 Å². The number of H-pyrrole nitrogens is 1. The third-order valence-corrected chi connectivity index (χ3v) is 4.55. The van der Waals surface area contributed by atoms with Gasteiger partial charge in [0.05, 0.1) is 17.9 Å². The fourth-order valence-corrected chi connectivity index (χ4v) is 3.22. The van der Waals surface area contributed by atoms with Gasteiger partial charge in [-0.05, 0) is 38.1 Å². The summed E-state index contributed by atoms with van der Waals surface area (Å²) in [5.74, 6) is 0.789. The van der Waals surface area contributed by atoms with Crippen LogP contribution >= 0.6 is 0 Å². The van der Waals surface area contributed by atoms with Crippen LogP contribution in [0.5, 0.6) is 5.75 Å². The highest BCUT2D eigenvalue weighted by molar-refractivity contribution is 5.77. The van der Waals surface area contributed by atoms with E-state index in [0.29, 0.717) is 29.9 Å². The second-order valence-electron chi connectivity index (χ2n) is 6.38. The topological polar surface area (TPSA) is 72.3 Å². The highest BCUT2D eigenvalue weighted by atomic mass is 16.5. The van der Waals surface area contributed by atoms with Crippen LogP contribution in [0.2, 0.25) is 0 Å². The summed E-state index contributed by atoms with van der Waals surface area (Å²) >= 11 is 0. The number of nitrogens with one attached hydrogen (secondary N) is 1. The SMILES string of the molecule is Cc1nc2c(-c3ccccn3)c(C)[nH]n2c(=O)c1CCOc1ccccc1. The normalized spacial score (nSPS) is 11.0. The van der Waals surface area contributed by atoms with Crippen molar-refractivity contribution in [3.05, 3.63) is 82.0 Å². The zero-order chi connectivity index (χ0) is 18.8. The van der Waals surface area contributed by atoms with Crippen LogP contribution in [0.4, 0.5) is 0 Å². The number of aryl methyl sites for hydroxylation is 2. The minimum atomic E-state index is -0.0977. The number of ether oxygens (including phenoxy) is 1. The minimum Gasteiger partial charge on any atom is -0.493 e. The lowest BCUT2D eigenvalue weighted by atomic mass is 10.1. The first-order chi connectivity index (χ1) is 13.1. The molecule has 0 aliphatic rings. The van der Waals surface area contributed by atoms with Crippen molar-refractivity contribution in [3.63, 3.8) is 0 Å². The van der Waals surface area contributed by atoms with E-state index in [1.807, 2.05) is 62.4 Å². The molecule has 4 aromatic rings. The molecule has 4 rings (SSSR count). The highest BCUT2D eigenvalue weighted by Gasteiger charge is 2.18. The Morgan fingerprint density at radius 2 is 1.85 bits per heavy atom. The first-order valence-corrected chi connectivity index (χ1v) is 8.85. The monoisotopic (exact) mass is 360 g/mol. The number of benzene rings is 1. The summed E-state index contributed by atoms with van der Waals surface area (Å²) in [4.78, 5) is 22.1. The lowest BCUT2D eigenvalue weighted by molar-refractivity contribution is 0.321. The molecule has 1 aromatic carbocycles. The van der Waals surface area contributed by atoms with Crippen molar-refractivity contribution >= 4 is 5.65 Å². The lowest BCUT2D eigenvalue weighted by Crippen LogP contribution is -2.23. The van der Waals surface area contributed by atoms with Crippen LogP contribution in [-0.4, -0.2) is 26.2 Å². The van der Waals surface area contributed by atoms with Gasteiger partial charge in [0.25, 0.3) is 5.56 Å². The lowest BCUT2D eigenvalue weighted by Gasteiger charge is -2.08. The van der Waals surface area contributed by atoms with Gasteiger partial charge in [-0.25, -0.2) is 9.50 Å². The molecule has 6 nitrogen and oxygen atoms in total. The molecule has 0 aliphatic heterocycles. The molecule has 1 N–H and O–H groups in total. The Labute approximate surface area is 156 Å². The van der Waals surface area contributed by atoms with Crippen molar-refractivity contribution in [2.24, 2.45) is 0 Å². The number of hydrogen-bond acceptors (Lipinski definition) is 4. The van der Waals surface area contributed by atoms with Crippen molar-refractivity contribution in [2.75, 3.05) is 6.61 Å². The molecule has 136 valence electrons. The maximum atomic E-state index is 13.0. The average Bonchev–Trinajstić information content (AvgIpc) is 3.02. The first kappa shape index (κ1) is 17.0. The third-order valence-electron chi connectivity index (χ3n) is 4.55. The Hall–Kier alpha value is -3.41. The maximum Gasteiger partial charge on any atom is 0.276 e. The van der Waals surface area contributed by atoms with Crippen molar-refractivity contribution < 1.29 is 4.74 Å². The van der Waals surface area contributed by atoms with Crippen LogP contribution in [0.1, 0.15) is 17.0 Å². The van der Waals surface area contributed by atoms with Gasteiger partial charge in [0.15, 0.2) is 5.65 Å². The van der Waals surface area contributed by atoms with E-state index < -0.39 is 0 Å². The molecule has 0 aliphatic carbocycles. The maximum absolute atomic E-state index is 13.0. The molecular formula is C21H20N4O2. The average molecular weight is 360 g/mol. The molecule has 0 unspecified atom stereocenters. The predicted molar refractivity (Wildman–Crippen MR) is 104 cm³/mol. The zero-order valence-corrected chi connectivity index (χ0v) is 15.3. The van der Waals surface area contributed by atoms with E-state index in [-0.39, 0.29) is 5.56 Å². The number of rotatable bonds is 5. The van der Waals surface area contributed by atoms with E-state index in [1.165, 1.54) is 4.52 Å². The Balaban J connectivity index is 1.69. The van der Waals surface area contributed by atoms with Crippen molar-refractivity contribution in [1.82, 2.24) is 19.6 Å². The van der Waals surface area contributed by atoms with Crippen LogP contribution in [0.25, 0.3) is 16.9 Å². The number of nitrogens with zero attached hydrogens (tertiary/aromatic N) is 3. The molecular weight excluding hydrogens is 340 g/mol. The molecule has 27 heavy (non-hydrogen) atoms. The Bertz CT molecular complexity index is 1130. The number of para-hydroxylation sites is 1. The highest BCUT2D eigenvalue weighted by Crippen LogP contribution is 2.24. The van der Waals surface area contributed by atoms with Gasteiger partial charge in [-0.1, -0.05) is 24.3 Å². The Morgan fingerprint density at radius 1 is 1.07 bits per heavy atom. The van der Waals surface area contributed by atoms with Gasteiger partial charge in [0.2, 0.25) is 0 Å². The largest absolute Gasteiger partial charge is 0.493 e. The van der Waals surface area contributed by atoms with Crippen LogP contribution in [0, 0.1) is 13.8 Å². The summed E-state index contributed by atoms with van der Waals surface area (Å²) in [6, 6.07) is 15.3. The number of aromatic nitrogens is 4. The van der Waals surface area contributed by atoms with E-state index in [4.69, 9.17) is 9.72 Å². The van der Waals surface area contributed by atoms with Gasteiger partial charge < -0.3 is 4.74 Å². The zero-order valence-electron chi connectivity index (χ0n) is 15.3. The van der Waals surface area contributed by atoms with Crippen LogP contribution in [-0.2, 0) is 6.42 Å². The number of aromatic amines is 1. The summed E-state index contributed by atoms with van der Waals surface area (Å²) < 4.78 is 7.24. The van der Waals surface area contributed by atoms with E-state index in [2.05, 4.69) is 10.1 Å². The first-order valence-electron chi connectivity index (χ1n) is 8.85. The van der Waals surface area contributed by atoms with E-state index in [1.54, 1.807) is 6.20 Å². The third kappa shape index (κ3) is 3.21. The quantitative estimate of drug-likeness (QED) is 0.593. The number of hydrogen-bond donors (Lipinski definition) is 1. The summed E-state index contributed by atoms with van der Waals surface area (Å²) in [5.41, 5.74) is 4.37. The summed E-state index contributed by atoms with van der Waals surface area (Å²) in [6.07, 6.45) is 2.23. The minimum absolute atomic E-state index is 0.0977. The van der Waals surface area contributed by atoms with Gasteiger partial charge in [0.1, 0.15) is 5.75 Å². The molecule has 0 spiro atoms. The van der Waals surface area contributed by atoms with Crippen molar-refractivity contribution in [1.29, 1.82) is 0 Å². The fraction of sp³-hybridized carbons (Fsp3) is 0.190. The molecule has 0 saturated heterocycles. The number of pyridine rings is 1. The second-order valence-corrected chi connectivity index (χ2v) is 6.38. The van der Waals surface area contributed by atoms with E-state index in [9.17, 15) is 4.79 Å². The van der Waals surface area contributed by atoms with Crippen LogP contribution in [0.3, 0.4) is 0 Å². The molecule has 0 bridgehead atoms. The van der Waals surface area contributed by atoms with Gasteiger partial charge in [-0.15, -0.1) is 0 Å². The molecule has 0 amide bonds. The summed E-state index contributed by atoms with van der Waals surface area (Å²) in [7, 11) is 0. The van der Waals surface area contributed by atoms with Gasteiger partial charge >= 0.3 is 0 Å². The summed E-state index contributed by atoms with van der Waals surface area (Å²) in [6.45, 7) is 4.20. The van der Waals surface area contributed by atoms with Crippen molar-refractivity contribution in [2.45, 2.75) is 20.3 Å².